The molecule has 10 nitrogen and oxygen atoms in total. The minimum atomic E-state index is -1.30. The number of halogens is 1. The van der Waals surface area contributed by atoms with E-state index in [1.165, 1.54) is 0 Å². The Kier molecular flexibility index (Phi) is 7.16. The number of thiazole rings is 1. The highest BCUT2D eigenvalue weighted by atomic mass is 79.9. The van der Waals surface area contributed by atoms with Crippen molar-refractivity contribution in [1.29, 1.82) is 0 Å². The Morgan fingerprint density at radius 1 is 1.13 bits per heavy atom. The molecule has 2 aliphatic heterocycles. The maximum absolute atomic E-state index is 13.4. The van der Waals surface area contributed by atoms with Crippen LogP contribution in [0.25, 0.3) is 0 Å². The molecule has 3 N–H and O–H groups in total. The van der Waals surface area contributed by atoms with E-state index in [9.17, 15) is 29.1 Å². The van der Waals surface area contributed by atoms with Gasteiger partial charge in [-0.15, -0.1) is 0 Å². The number of aliphatic carboxylic acids is 1. The fourth-order valence-electron chi connectivity index (χ4n) is 4.57. The van der Waals surface area contributed by atoms with Gasteiger partial charge in [0.25, 0.3) is 5.91 Å². The van der Waals surface area contributed by atoms with Gasteiger partial charge in [-0.3, -0.25) is 28.9 Å². The maximum Gasteiger partial charge on any atom is 0.323 e. The molecule has 0 spiro atoms. The second kappa shape index (κ2) is 10.4. The van der Waals surface area contributed by atoms with Gasteiger partial charge in [0.2, 0.25) is 11.8 Å². The minimum absolute atomic E-state index is 0.298. The molecule has 2 unspecified atom stereocenters. The number of hydrogen-bond acceptors (Lipinski definition) is 8. The van der Waals surface area contributed by atoms with Crippen LogP contribution in [-0.2, 0) is 19.2 Å². The summed E-state index contributed by atoms with van der Waals surface area (Å²) >= 11 is 5.41. The molecule has 3 amide bonds. The molecule has 3 heterocycles. The third-order valence-electron chi connectivity index (χ3n) is 6.21. The average molecular weight is 618 g/mol. The lowest BCUT2D eigenvalue weighted by Gasteiger charge is -2.31. The summed E-state index contributed by atoms with van der Waals surface area (Å²) in [6.45, 7) is 0.865. The second-order valence-electron chi connectivity index (χ2n) is 8.79. The van der Waals surface area contributed by atoms with Gasteiger partial charge in [-0.1, -0.05) is 56.7 Å². The van der Waals surface area contributed by atoms with Crippen molar-refractivity contribution >= 4 is 68.4 Å². The number of ether oxygens (including phenoxy) is 1. The second-order valence-corrected chi connectivity index (χ2v) is 11.9. The van der Waals surface area contributed by atoms with Gasteiger partial charge < -0.3 is 20.1 Å². The van der Waals surface area contributed by atoms with Crippen LogP contribution in [0.1, 0.15) is 21.9 Å². The quantitative estimate of drug-likeness (QED) is 0.343. The van der Waals surface area contributed by atoms with Crippen LogP contribution >= 0.6 is 39.0 Å². The van der Waals surface area contributed by atoms with Gasteiger partial charge in [-0.2, -0.15) is 0 Å². The van der Waals surface area contributed by atoms with E-state index in [2.05, 4.69) is 26.2 Å². The number of amides is 3. The summed E-state index contributed by atoms with van der Waals surface area (Å²) < 4.78 is 6.55. The molecule has 1 fully saturated rings. The number of nitrogens with one attached hydrogen (secondary N) is 2. The van der Waals surface area contributed by atoms with Crippen molar-refractivity contribution in [3.05, 3.63) is 72.6 Å². The summed E-state index contributed by atoms with van der Waals surface area (Å²) in [5.74, 6) is -4.38. The number of aromatic amines is 1. The Hall–Kier alpha value is -3.42. The molecule has 1 saturated heterocycles. The van der Waals surface area contributed by atoms with Crippen molar-refractivity contribution < 1.29 is 29.0 Å². The van der Waals surface area contributed by atoms with Gasteiger partial charge in [-0.25, -0.2) is 0 Å². The highest BCUT2D eigenvalue weighted by molar-refractivity contribution is 9.10. The zero-order valence-electron chi connectivity index (χ0n) is 19.7. The molecule has 2 aliphatic rings. The van der Waals surface area contributed by atoms with Crippen molar-refractivity contribution in [3.8, 4) is 5.75 Å². The zero-order valence-corrected chi connectivity index (χ0v) is 22.9. The number of carbonyl (C=O) groups is 4. The number of likely N-dealkylation sites (tertiary alicyclic amines) is 1. The zero-order chi connectivity index (χ0) is 27.1. The third-order valence-corrected chi connectivity index (χ3v) is 9.10. The van der Waals surface area contributed by atoms with Crippen LogP contribution in [0.2, 0.25) is 0 Å². The number of thioether (sulfide) groups is 1. The number of anilines is 1. The molecule has 0 bridgehead atoms. The van der Waals surface area contributed by atoms with E-state index >= 15 is 0 Å². The lowest BCUT2D eigenvalue weighted by atomic mass is 9.82. The molecular formula is C25H20BrN3O7S2. The molecule has 0 aliphatic carbocycles. The highest BCUT2D eigenvalue weighted by Crippen LogP contribution is 2.54. The molecule has 3 atom stereocenters. The number of aryl methyl sites for hydroxylation is 1. The molecule has 196 valence electrons. The SMILES string of the molecule is Cc1ccc(NC(=O)COc2ccc(Br)cc2[C@@H]2c3sc(=O)[nH]c3SC3C(=O)N(CC(=O)O)C(=O)C32)cc1. The van der Waals surface area contributed by atoms with E-state index in [1.807, 2.05) is 19.1 Å². The first-order chi connectivity index (χ1) is 18.1. The maximum atomic E-state index is 13.4. The van der Waals surface area contributed by atoms with E-state index < -0.39 is 47.3 Å². The molecule has 38 heavy (non-hydrogen) atoms. The highest BCUT2D eigenvalue weighted by Gasteiger charge is 2.56. The van der Waals surface area contributed by atoms with E-state index in [0.29, 0.717) is 31.4 Å². The first kappa shape index (κ1) is 26.2. The topological polar surface area (TPSA) is 146 Å². The first-order valence-corrected chi connectivity index (χ1v) is 13.9. The molecule has 2 aromatic carbocycles. The Morgan fingerprint density at radius 3 is 2.58 bits per heavy atom. The molecule has 0 saturated carbocycles. The van der Waals surface area contributed by atoms with Crippen LogP contribution in [0.3, 0.4) is 0 Å². The van der Waals surface area contributed by atoms with Gasteiger partial charge >= 0.3 is 10.8 Å². The number of hydrogen-bond donors (Lipinski definition) is 3. The Bertz CT molecular complexity index is 1520. The Morgan fingerprint density at radius 2 is 1.87 bits per heavy atom. The van der Waals surface area contributed by atoms with Crippen molar-refractivity contribution in [3.63, 3.8) is 0 Å². The van der Waals surface area contributed by atoms with Crippen molar-refractivity contribution in [2.45, 2.75) is 23.1 Å². The summed E-state index contributed by atoms with van der Waals surface area (Å²) in [6.07, 6.45) is 0. The number of carbonyl (C=O) groups excluding carboxylic acids is 3. The van der Waals surface area contributed by atoms with E-state index in [1.54, 1.807) is 30.3 Å². The molecule has 1 aromatic heterocycles. The van der Waals surface area contributed by atoms with E-state index in [4.69, 9.17) is 4.74 Å². The predicted molar refractivity (Wildman–Crippen MR) is 144 cm³/mol. The first-order valence-electron chi connectivity index (χ1n) is 11.4. The van der Waals surface area contributed by atoms with Gasteiger partial charge in [0.15, 0.2) is 6.61 Å². The number of rotatable bonds is 7. The van der Waals surface area contributed by atoms with Crippen LogP contribution in [-0.4, -0.2) is 57.1 Å². The molecule has 0 radical (unpaired) electrons. The van der Waals surface area contributed by atoms with Crippen molar-refractivity contribution in [1.82, 2.24) is 9.88 Å². The fourth-order valence-corrected chi connectivity index (χ4v) is 7.48. The van der Waals surface area contributed by atoms with Gasteiger partial charge in [0, 0.05) is 26.5 Å². The largest absolute Gasteiger partial charge is 0.483 e. The standard InChI is InChI=1S/C25H20BrN3O7S2/c1-11-2-5-13(6-3-11)27-16(30)10-36-15-7-4-12(26)8-14(15)18-19-21(37-22-20(18)38-25(35)28-22)24(34)29(23(19)33)9-17(31)32/h2-8,18-19,21H,9-10H2,1H3,(H,27,30)(H,28,35)(H,31,32)/t18-,19?,21?/m0/s1. The number of benzene rings is 2. The minimum Gasteiger partial charge on any atom is -0.483 e. The number of imide groups is 1. The van der Waals surface area contributed by atoms with E-state index in [0.717, 1.165) is 33.6 Å². The van der Waals surface area contributed by atoms with Crippen molar-refractivity contribution in [2.75, 3.05) is 18.5 Å². The summed E-state index contributed by atoms with van der Waals surface area (Å²) in [5.41, 5.74) is 2.16. The van der Waals surface area contributed by atoms with E-state index in [-0.39, 0.29) is 11.5 Å². The van der Waals surface area contributed by atoms with Gasteiger partial charge in [0.1, 0.15) is 17.5 Å². The number of aromatic nitrogens is 1. The molecule has 5 rings (SSSR count). The predicted octanol–water partition coefficient (Wildman–Crippen LogP) is 3.20. The van der Waals surface area contributed by atoms with Crippen LogP contribution in [0.4, 0.5) is 5.69 Å². The summed E-state index contributed by atoms with van der Waals surface area (Å²) in [7, 11) is 0. The van der Waals surface area contributed by atoms with Gasteiger partial charge in [-0.05, 0) is 37.3 Å². The molecule has 3 aromatic rings. The summed E-state index contributed by atoms with van der Waals surface area (Å²) in [6, 6.07) is 12.4. The Labute approximate surface area is 232 Å². The summed E-state index contributed by atoms with van der Waals surface area (Å²) in [4.78, 5) is 66.4. The number of carboxylic acids is 1. The average Bonchev–Trinajstić information content (AvgIpc) is 3.35. The third kappa shape index (κ3) is 5.00. The number of fused-ring (bicyclic) bond motifs is 2. The van der Waals surface area contributed by atoms with Crippen LogP contribution in [0.5, 0.6) is 5.75 Å². The summed E-state index contributed by atoms with van der Waals surface area (Å²) in [5, 5.41) is 11.6. The Balaban J connectivity index is 1.49. The number of H-pyrrole nitrogens is 1. The van der Waals surface area contributed by atoms with Crippen LogP contribution in [0.15, 0.2) is 56.8 Å². The molecular weight excluding hydrogens is 598 g/mol. The van der Waals surface area contributed by atoms with Gasteiger partial charge in [0.05, 0.1) is 10.9 Å². The van der Waals surface area contributed by atoms with Crippen LogP contribution in [0, 0.1) is 12.8 Å². The van der Waals surface area contributed by atoms with Crippen molar-refractivity contribution in [2.24, 2.45) is 5.92 Å². The van der Waals surface area contributed by atoms with Crippen LogP contribution < -0.4 is 14.9 Å². The lowest BCUT2D eigenvalue weighted by Crippen LogP contribution is -2.36. The lowest BCUT2D eigenvalue weighted by molar-refractivity contribution is -0.149. The normalized spacial score (nSPS) is 20.2. The molecule has 13 heteroatoms. The monoisotopic (exact) mass is 617 g/mol. The number of nitrogens with zero attached hydrogens (tertiary/aromatic N) is 1. The fraction of sp³-hybridized carbons (Fsp3) is 0.240. The smallest absolute Gasteiger partial charge is 0.323 e. The number of carboxylic acid groups (broad SMARTS) is 1.